The van der Waals surface area contributed by atoms with Crippen LogP contribution >= 0.6 is 0 Å². The summed E-state index contributed by atoms with van der Waals surface area (Å²) < 4.78 is 22.4. The third-order valence-corrected chi connectivity index (χ3v) is 10.4. The molecule has 0 aromatic heterocycles. The maximum atomic E-state index is 13.6. The number of esters is 1. The van der Waals surface area contributed by atoms with E-state index in [1.807, 2.05) is 58.1 Å². The number of nitrogens with zero attached hydrogens (tertiary/aromatic N) is 1. The number of aliphatic hydroxyl groups is 2. The van der Waals surface area contributed by atoms with Crippen molar-refractivity contribution in [2.24, 2.45) is 17.8 Å². The van der Waals surface area contributed by atoms with Crippen LogP contribution in [0.15, 0.2) is 47.6 Å². The van der Waals surface area contributed by atoms with E-state index in [0.29, 0.717) is 50.5 Å². The summed E-state index contributed by atoms with van der Waals surface area (Å²) in [7, 11) is 2.97. The van der Waals surface area contributed by atoms with Gasteiger partial charge in [-0.15, -0.1) is 0 Å². The normalized spacial score (nSPS) is 25.6. The topological polar surface area (TPSA) is 166 Å². The zero-order valence-electron chi connectivity index (χ0n) is 33.9. The molecule has 2 heterocycles. The average molecular weight is 760 g/mol. The number of hydrogen-bond donors (Lipinski definition) is 2. The van der Waals surface area contributed by atoms with E-state index >= 15 is 0 Å². The molecule has 2 aliphatic heterocycles. The van der Waals surface area contributed by atoms with Gasteiger partial charge in [0.15, 0.2) is 5.78 Å². The number of carbonyl (C=O) groups is 5. The van der Waals surface area contributed by atoms with Crippen LogP contribution in [0.25, 0.3) is 0 Å². The lowest BCUT2D eigenvalue weighted by Crippen LogP contribution is -2.60. The number of aliphatic hydroxyl groups excluding tert-OH is 1. The van der Waals surface area contributed by atoms with Gasteiger partial charge in [0.1, 0.15) is 24.0 Å². The molecule has 9 atom stereocenters. The molecule has 0 unspecified atom stereocenters. The molecule has 12 nitrogen and oxygen atoms in total. The first-order valence-electron chi connectivity index (χ1n) is 19.4. The lowest BCUT2D eigenvalue weighted by Gasteiger charge is -2.42. The highest BCUT2D eigenvalue weighted by Gasteiger charge is 2.52. The Balaban J connectivity index is 2.00. The molecule has 12 heteroatoms. The smallest absolute Gasteiger partial charge is 0.328 e. The summed E-state index contributed by atoms with van der Waals surface area (Å²) in [6, 6.07) is -0.865. The largest absolute Gasteiger partial charge is 0.464 e. The molecule has 2 N–H and O–H groups in total. The van der Waals surface area contributed by atoms with Crippen LogP contribution in [0.4, 0.5) is 0 Å². The van der Waals surface area contributed by atoms with Gasteiger partial charge in [0.25, 0.3) is 11.7 Å². The van der Waals surface area contributed by atoms with Crippen molar-refractivity contribution in [3.63, 3.8) is 0 Å². The minimum absolute atomic E-state index is 0.0340. The van der Waals surface area contributed by atoms with Gasteiger partial charge >= 0.3 is 5.97 Å². The van der Waals surface area contributed by atoms with Gasteiger partial charge < -0.3 is 34.1 Å². The van der Waals surface area contributed by atoms with Gasteiger partial charge in [-0.05, 0) is 82.8 Å². The lowest BCUT2D eigenvalue weighted by atomic mass is 9.85. The van der Waals surface area contributed by atoms with E-state index < -0.39 is 53.7 Å². The number of likely N-dealkylation sites (tertiary alicyclic amines) is 1. The molecule has 0 saturated carbocycles. The highest BCUT2D eigenvalue weighted by atomic mass is 16.6. The first-order valence-corrected chi connectivity index (χ1v) is 19.4. The van der Waals surface area contributed by atoms with Crippen molar-refractivity contribution in [1.29, 1.82) is 0 Å². The Morgan fingerprint density at radius 1 is 0.963 bits per heavy atom. The zero-order valence-corrected chi connectivity index (χ0v) is 33.9. The monoisotopic (exact) mass is 759 g/mol. The Morgan fingerprint density at radius 2 is 1.67 bits per heavy atom. The number of ketones is 3. The first-order chi connectivity index (χ1) is 25.5. The van der Waals surface area contributed by atoms with Crippen molar-refractivity contribution in [1.82, 2.24) is 4.90 Å². The van der Waals surface area contributed by atoms with Gasteiger partial charge in [0.2, 0.25) is 5.79 Å². The van der Waals surface area contributed by atoms with E-state index in [4.69, 9.17) is 18.9 Å². The summed E-state index contributed by atoms with van der Waals surface area (Å²) in [4.78, 5) is 65.5. The van der Waals surface area contributed by atoms with Crippen LogP contribution in [0.5, 0.6) is 0 Å². The van der Waals surface area contributed by atoms with Gasteiger partial charge in [-0.25, -0.2) is 4.79 Å². The fraction of sp³-hybridized carbons (Fsp3) is 0.690. The van der Waals surface area contributed by atoms with Crippen LogP contribution < -0.4 is 0 Å². The number of piperidine rings is 1. The maximum absolute atomic E-state index is 13.6. The maximum Gasteiger partial charge on any atom is 0.328 e. The predicted molar refractivity (Wildman–Crippen MR) is 205 cm³/mol. The summed E-state index contributed by atoms with van der Waals surface area (Å²) in [6.07, 6.45) is 12.6. The van der Waals surface area contributed by atoms with Crippen LogP contribution in [0, 0.1) is 17.8 Å². The van der Waals surface area contributed by atoms with Gasteiger partial charge in [0.05, 0.1) is 18.8 Å². The summed E-state index contributed by atoms with van der Waals surface area (Å²) in [6.45, 7) is 12.9. The number of allylic oxidation sites excluding steroid dienone is 6. The van der Waals surface area contributed by atoms with Crippen LogP contribution in [0.1, 0.15) is 106 Å². The molecule has 0 aromatic carbocycles. The molecule has 0 bridgehead atoms. The van der Waals surface area contributed by atoms with Crippen molar-refractivity contribution in [3.05, 3.63) is 47.6 Å². The molecule has 0 aliphatic carbocycles. The second-order valence-electron chi connectivity index (χ2n) is 15.0. The Kier molecular flexibility index (Phi) is 19.9. The van der Waals surface area contributed by atoms with E-state index in [-0.39, 0.29) is 49.1 Å². The third kappa shape index (κ3) is 13.5. The molecule has 54 heavy (non-hydrogen) atoms. The van der Waals surface area contributed by atoms with Crippen molar-refractivity contribution in [2.75, 3.05) is 27.4 Å². The zero-order chi connectivity index (χ0) is 40.6. The number of Topliss-reactive ketones (excluding diaryl/α,β-unsaturated/α-hetero) is 3. The standard InChI is InChI=1S/C42H65NO11/c1-10-24-53-41(49)34-18-14-15-23-43(34)40(48)39(47)42(50)31(6)20-22-33(54-42)26-35(51-8)28(3)17-13-11-12-16-27(2)25-30(5)37(46)38(52-9)36(45)29(4)19-21-32(7)44/h11-13,16-17,19,27,30-31,33-36,38,45,50H,10,14-15,18,20-26H2,1-9H3/b13-11+,16-12+,28-17+,29-19+/t27-,30-,31-,33+,34+,35+,36-,38-,42-/m1/s1. The van der Waals surface area contributed by atoms with Gasteiger partial charge in [-0.2, -0.15) is 0 Å². The summed E-state index contributed by atoms with van der Waals surface area (Å²) in [5.41, 5.74) is 1.41. The van der Waals surface area contributed by atoms with Gasteiger partial charge in [-0.1, -0.05) is 64.2 Å². The van der Waals surface area contributed by atoms with Crippen molar-refractivity contribution >= 4 is 29.2 Å². The highest BCUT2D eigenvalue weighted by Crippen LogP contribution is 2.36. The summed E-state index contributed by atoms with van der Waals surface area (Å²) >= 11 is 0. The molecule has 2 rings (SSSR count). The number of amides is 1. The molecular weight excluding hydrogens is 694 g/mol. The quantitative estimate of drug-likeness (QED) is 0.0667. The van der Waals surface area contributed by atoms with E-state index in [1.54, 1.807) is 27.0 Å². The van der Waals surface area contributed by atoms with Gasteiger partial charge in [-0.3, -0.25) is 19.2 Å². The Bertz CT molecular complexity index is 1400. The number of methoxy groups -OCH3 is 2. The molecule has 0 spiro atoms. The molecule has 0 aromatic rings. The number of ether oxygens (including phenoxy) is 4. The van der Waals surface area contributed by atoms with Crippen LogP contribution in [0.3, 0.4) is 0 Å². The fourth-order valence-corrected chi connectivity index (χ4v) is 6.94. The number of carbonyl (C=O) groups excluding carboxylic acids is 5. The SMILES string of the molecule is CCCOC(=O)[C@@H]1CCCCN1C(=O)C(=O)[C@]1(O)O[C@H](C[C@H](OC)/C(C)=C/C=C/C=C/[C@@H](C)C[C@@H](C)C(=O)[C@H](OC)[C@H](O)/C(C)=C/CC(C)=O)CC[C@H]1C. The summed E-state index contributed by atoms with van der Waals surface area (Å²) in [5, 5.41) is 22.2. The second kappa shape index (κ2) is 22.9. The molecule has 1 amide bonds. The molecule has 304 valence electrons. The molecule has 2 fully saturated rings. The van der Waals surface area contributed by atoms with Crippen LogP contribution in [-0.4, -0.2) is 108 Å². The highest BCUT2D eigenvalue weighted by molar-refractivity contribution is 6.39. The summed E-state index contributed by atoms with van der Waals surface area (Å²) in [5.74, 6) is -6.04. The van der Waals surface area contributed by atoms with Crippen LogP contribution in [0.2, 0.25) is 0 Å². The predicted octanol–water partition coefficient (Wildman–Crippen LogP) is 5.39. The van der Waals surface area contributed by atoms with Crippen molar-refractivity contribution in [2.45, 2.75) is 142 Å². The molecule has 2 aliphatic rings. The van der Waals surface area contributed by atoms with Crippen molar-refractivity contribution in [3.8, 4) is 0 Å². The molecule has 2 saturated heterocycles. The second-order valence-corrected chi connectivity index (χ2v) is 15.0. The minimum Gasteiger partial charge on any atom is -0.464 e. The van der Waals surface area contributed by atoms with E-state index in [0.717, 1.165) is 12.0 Å². The van der Waals surface area contributed by atoms with Crippen LogP contribution in [-0.2, 0) is 42.9 Å². The minimum atomic E-state index is -2.33. The number of rotatable bonds is 21. The van der Waals surface area contributed by atoms with Crippen molar-refractivity contribution < 1.29 is 53.1 Å². The lowest BCUT2D eigenvalue weighted by molar-refractivity contribution is -0.265. The average Bonchev–Trinajstić information content (AvgIpc) is 3.15. The number of hydrogen-bond acceptors (Lipinski definition) is 11. The Hall–Kier alpha value is -3.29. The van der Waals surface area contributed by atoms with E-state index in [2.05, 4.69) is 0 Å². The first kappa shape index (κ1) is 46.9. The third-order valence-electron chi connectivity index (χ3n) is 10.4. The van der Waals surface area contributed by atoms with E-state index in [9.17, 15) is 34.2 Å². The Labute approximate surface area is 322 Å². The fourth-order valence-electron chi connectivity index (χ4n) is 6.94. The molecule has 0 radical (unpaired) electrons. The Morgan fingerprint density at radius 3 is 2.30 bits per heavy atom. The molecular formula is C42H65NO11. The van der Waals surface area contributed by atoms with Gasteiger partial charge in [0, 0.05) is 45.4 Å². The van der Waals surface area contributed by atoms with E-state index in [1.165, 1.54) is 18.9 Å².